The van der Waals surface area contributed by atoms with Crippen LogP contribution in [0.5, 0.6) is 0 Å². The van der Waals surface area contributed by atoms with Gasteiger partial charge in [0, 0.05) is 18.0 Å². The van der Waals surface area contributed by atoms with Crippen LogP contribution >= 0.6 is 0 Å². The van der Waals surface area contributed by atoms with Crippen molar-refractivity contribution in [1.29, 1.82) is 0 Å². The zero-order valence-corrected chi connectivity index (χ0v) is 11.8. The molecule has 1 atom stereocenters. The van der Waals surface area contributed by atoms with Crippen molar-refractivity contribution in [2.45, 2.75) is 39.2 Å². The maximum absolute atomic E-state index is 11.7. The van der Waals surface area contributed by atoms with Crippen molar-refractivity contribution in [3.05, 3.63) is 41.3 Å². The van der Waals surface area contributed by atoms with Gasteiger partial charge in [-0.1, -0.05) is 29.8 Å². The maximum atomic E-state index is 11.7. The smallest absolute Gasteiger partial charge is 0.354 e. The Morgan fingerprint density at radius 3 is 2.70 bits per heavy atom. The van der Waals surface area contributed by atoms with Gasteiger partial charge in [0.2, 0.25) is 0 Å². The number of aromatic carboxylic acids is 1. The second-order valence-electron chi connectivity index (χ2n) is 5.51. The average Bonchev–Trinajstić information content (AvgIpc) is 2.80. The number of nitrogens with zero attached hydrogens (tertiary/aromatic N) is 2. The monoisotopic (exact) mass is 270 g/mol. The van der Waals surface area contributed by atoms with E-state index in [4.69, 9.17) is 0 Å². The third kappa shape index (κ3) is 2.01. The second-order valence-corrected chi connectivity index (χ2v) is 5.51. The summed E-state index contributed by atoms with van der Waals surface area (Å²) in [6.07, 6.45) is 2.94. The molecule has 1 aliphatic rings. The summed E-state index contributed by atoms with van der Waals surface area (Å²) < 4.78 is 1.90. The number of imidazole rings is 1. The molecule has 4 nitrogen and oxygen atoms in total. The Hall–Kier alpha value is -2.10. The fourth-order valence-electron chi connectivity index (χ4n) is 2.93. The Labute approximate surface area is 118 Å². The standard InChI is InChI=1S/C16H18N2O2/c1-10-6-8-12(9-7-10)14-15(16(19)20)18-11(2)4-3-5-13(18)17-14/h6-9,11H,3-5H2,1-2H3,(H,19,20). The van der Waals surface area contributed by atoms with E-state index in [0.29, 0.717) is 11.4 Å². The van der Waals surface area contributed by atoms with E-state index in [2.05, 4.69) is 11.9 Å². The van der Waals surface area contributed by atoms with Crippen molar-refractivity contribution in [2.75, 3.05) is 0 Å². The minimum Gasteiger partial charge on any atom is -0.477 e. The van der Waals surface area contributed by atoms with Gasteiger partial charge in [0.05, 0.1) is 0 Å². The summed E-state index contributed by atoms with van der Waals surface area (Å²) in [5.74, 6) is 0.00444. The number of hydrogen-bond acceptors (Lipinski definition) is 2. The third-order valence-corrected chi connectivity index (χ3v) is 3.97. The Morgan fingerprint density at radius 1 is 1.35 bits per heavy atom. The van der Waals surface area contributed by atoms with Gasteiger partial charge < -0.3 is 9.67 Å². The topological polar surface area (TPSA) is 55.1 Å². The van der Waals surface area contributed by atoms with Crippen LogP contribution in [0.1, 0.15) is 47.7 Å². The molecule has 1 aromatic heterocycles. The van der Waals surface area contributed by atoms with Crippen LogP contribution in [0, 0.1) is 6.92 Å². The number of carboxylic acid groups (broad SMARTS) is 1. The zero-order chi connectivity index (χ0) is 14.3. The molecule has 0 saturated heterocycles. The number of benzene rings is 1. The molecule has 0 radical (unpaired) electrons. The highest BCUT2D eigenvalue weighted by atomic mass is 16.4. The summed E-state index contributed by atoms with van der Waals surface area (Å²) in [7, 11) is 0. The van der Waals surface area contributed by atoms with Gasteiger partial charge in [-0.15, -0.1) is 0 Å². The van der Waals surface area contributed by atoms with Crippen LogP contribution in [0.3, 0.4) is 0 Å². The lowest BCUT2D eigenvalue weighted by Crippen LogP contribution is -2.19. The molecular weight excluding hydrogens is 252 g/mol. The molecule has 1 unspecified atom stereocenters. The summed E-state index contributed by atoms with van der Waals surface area (Å²) in [6.45, 7) is 4.08. The Morgan fingerprint density at radius 2 is 2.05 bits per heavy atom. The minimum absolute atomic E-state index is 0.205. The van der Waals surface area contributed by atoms with Crippen LogP contribution in [-0.2, 0) is 6.42 Å². The molecule has 1 N–H and O–H groups in total. The first-order chi connectivity index (χ1) is 9.58. The van der Waals surface area contributed by atoms with E-state index in [9.17, 15) is 9.90 Å². The fraction of sp³-hybridized carbons (Fsp3) is 0.375. The average molecular weight is 270 g/mol. The molecule has 104 valence electrons. The molecule has 1 aromatic carbocycles. The predicted octanol–water partition coefficient (Wildman–Crippen LogP) is 3.45. The highest BCUT2D eigenvalue weighted by molar-refractivity contribution is 5.93. The molecule has 4 heteroatoms. The van der Waals surface area contributed by atoms with Gasteiger partial charge in [0.1, 0.15) is 11.5 Å². The molecule has 2 heterocycles. The SMILES string of the molecule is Cc1ccc(-c2nc3n(c2C(=O)O)C(C)CCC3)cc1. The molecule has 3 rings (SSSR count). The third-order valence-electron chi connectivity index (χ3n) is 3.97. The van der Waals surface area contributed by atoms with Crippen molar-refractivity contribution in [1.82, 2.24) is 9.55 Å². The van der Waals surface area contributed by atoms with E-state index in [1.807, 2.05) is 35.8 Å². The molecule has 0 aliphatic carbocycles. The number of carbonyl (C=O) groups is 1. The summed E-state index contributed by atoms with van der Waals surface area (Å²) in [5, 5.41) is 9.58. The van der Waals surface area contributed by atoms with Crippen molar-refractivity contribution in [3.8, 4) is 11.3 Å². The fourth-order valence-corrected chi connectivity index (χ4v) is 2.93. The molecule has 0 amide bonds. The Bertz CT molecular complexity index is 656. The van der Waals surface area contributed by atoms with Crippen LogP contribution in [0.2, 0.25) is 0 Å². The van der Waals surface area contributed by atoms with Gasteiger partial charge in [0.15, 0.2) is 5.69 Å². The molecule has 1 aliphatic heterocycles. The van der Waals surface area contributed by atoms with Crippen molar-refractivity contribution in [3.63, 3.8) is 0 Å². The van der Waals surface area contributed by atoms with E-state index in [1.165, 1.54) is 0 Å². The molecule has 0 saturated carbocycles. The van der Waals surface area contributed by atoms with Crippen LogP contribution in [0.25, 0.3) is 11.3 Å². The van der Waals surface area contributed by atoms with E-state index in [1.54, 1.807) is 0 Å². The number of aryl methyl sites for hydroxylation is 2. The largest absolute Gasteiger partial charge is 0.477 e. The van der Waals surface area contributed by atoms with Crippen molar-refractivity contribution < 1.29 is 9.90 Å². The summed E-state index contributed by atoms with van der Waals surface area (Å²) in [5.41, 5.74) is 2.96. The van der Waals surface area contributed by atoms with Gasteiger partial charge in [-0.2, -0.15) is 0 Å². The predicted molar refractivity (Wildman–Crippen MR) is 77.0 cm³/mol. The molecule has 0 bridgehead atoms. The second kappa shape index (κ2) is 4.78. The van der Waals surface area contributed by atoms with Crippen LogP contribution in [-0.4, -0.2) is 20.6 Å². The quantitative estimate of drug-likeness (QED) is 0.909. The van der Waals surface area contributed by atoms with Crippen LogP contribution in [0.15, 0.2) is 24.3 Å². The van der Waals surface area contributed by atoms with Crippen LogP contribution in [0.4, 0.5) is 0 Å². The van der Waals surface area contributed by atoms with E-state index < -0.39 is 5.97 Å². The van der Waals surface area contributed by atoms with E-state index in [0.717, 1.165) is 36.2 Å². The van der Waals surface area contributed by atoms with Gasteiger partial charge in [-0.3, -0.25) is 0 Å². The van der Waals surface area contributed by atoms with E-state index >= 15 is 0 Å². The normalized spacial score (nSPS) is 17.8. The first-order valence-corrected chi connectivity index (χ1v) is 6.99. The molecule has 20 heavy (non-hydrogen) atoms. The highest BCUT2D eigenvalue weighted by Gasteiger charge is 2.28. The first-order valence-electron chi connectivity index (χ1n) is 6.99. The number of aromatic nitrogens is 2. The summed E-state index contributed by atoms with van der Waals surface area (Å²) in [6, 6.07) is 8.07. The first kappa shape index (κ1) is 12.9. The Kier molecular flexibility index (Phi) is 3.08. The molecular formula is C16H18N2O2. The van der Waals surface area contributed by atoms with E-state index in [-0.39, 0.29) is 6.04 Å². The zero-order valence-electron chi connectivity index (χ0n) is 11.8. The van der Waals surface area contributed by atoms with Crippen LogP contribution < -0.4 is 0 Å². The maximum Gasteiger partial charge on any atom is 0.354 e. The number of carboxylic acids is 1. The molecule has 2 aromatic rings. The summed E-state index contributed by atoms with van der Waals surface area (Å²) >= 11 is 0. The summed E-state index contributed by atoms with van der Waals surface area (Å²) in [4.78, 5) is 16.3. The van der Waals surface area contributed by atoms with Gasteiger partial charge in [-0.05, 0) is 26.7 Å². The lowest BCUT2D eigenvalue weighted by Gasteiger charge is -2.22. The number of hydrogen-bond donors (Lipinski definition) is 1. The molecule has 0 spiro atoms. The minimum atomic E-state index is -0.895. The van der Waals surface area contributed by atoms with Gasteiger partial charge in [-0.25, -0.2) is 9.78 Å². The highest BCUT2D eigenvalue weighted by Crippen LogP contribution is 2.32. The number of rotatable bonds is 2. The van der Waals surface area contributed by atoms with Gasteiger partial charge in [0.25, 0.3) is 0 Å². The van der Waals surface area contributed by atoms with Gasteiger partial charge >= 0.3 is 5.97 Å². The number of fused-ring (bicyclic) bond motifs is 1. The lowest BCUT2D eigenvalue weighted by molar-refractivity contribution is 0.0682. The molecule has 0 fully saturated rings. The Balaban J connectivity index is 2.20. The lowest BCUT2D eigenvalue weighted by atomic mass is 10.1. The van der Waals surface area contributed by atoms with Crippen molar-refractivity contribution >= 4 is 5.97 Å². The van der Waals surface area contributed by atoms with Crippen molar-refractivity contribution in [2.24, 2.45) is 0 Å².